The fourth-order valence-corrected chi connectivity index (χ4v) is 3.13. The molecule has 2 aromatic rings. The van der Waals surface area contributed by atoms with E-state index in [1.54, 1.807) is 0 Å². The van der Waals surface area contributed by atoms with Gasteiger partial charge in [-0.05, 0) is 31.4 Å². The number of aromatic nitrogens is 1. The number of carbonyl (C=O) groups excluding carboxylic acids is 1. The third-order valence-electron chi connectivity index (χ3n) is 3.48. The van der Waals surface area contributed by atoms with Gasteiger partial charge in [0.2, 0.25) is 0 Å². The van der Waals surface area contributed by atoms with Gasteiger partial charge in [0.05, 0.1) is 23.4 Å². The Morgan fingerprint density at radius 3 is 3.14 bits per heavy atom. The summed E-state index contributed by atoms with van der Waals surface area (Å²) in [6, 6.07) is 5.70. The van der Waals surface area contributed by atoms with Crippen LogP contribution in [-0.4, -0.2) is 37.4 Å². The Morgan fingerprint density at radius 2 is 2.32 bits per heavy atom. The first-order valence-electron chi connectivity index (χ1n) is 7.57. The Bertz CT molecular complexity index is 622. The van der Waals surface area contributed by atoms with Crippen molar-refractivity contribution in [3.05, 3.63) is 23.2 Å². The first-order valence-corrected chi connectivity index (χ1v) is 8.38. The zero-order valence-corrected chi connectivity index (χ0v) is 13.1. The molecule has 1 aromatic carbocycles. The first kappa shape index (κ1) is 15.4. The molecule has 2 heterocycles. The van der Waals surface area contributed by atoms with Crippen LogP contribution in [-0.2, 0) is 9.47 Å². The van der Waals surface area contributed by atoms with Gasteiger partial charge in [-0.15, -0.1) is 11.3 Å². The van der Waals surface area contributed by atoms with Gasteiger partial charge in [-0.1, -0.05) is 0 Å². The number of aldehydes is 1. The molecule has 0 spiro atoms. The second-order valence-electron chi connectivity index (χ2n) is 5.17. The van der Waals surface area contributed by atoms with Crippen LogP contribution in [0.4, 0.5) is 0 Å². The van der Waals surface area contributed by atoms with Crippen LogP contribution in [0.15, 0.2) is 18.2 Å². The highest BCUT2D eigenvalue weighted by molar-refractivity contribution is 7.20. The van der Waals surface area contributed by atoms with Crippen molar-refractivity contribution in [1.29, 1.82) is 0 Å². The van der Waals surface area contributed by atoms with Gasteiger partial charge in [0.25, 0.3) is 0 Å². The van der Waals surface area contributed by atoms with E-state index < -0.39 is 0 Å². The zero-order chi connectivity index (χ0) is 15.2. The second kappa shape index (κ2) is 7.67. The lowest BCUT2D eigenvalue weighted by Gasteiger charge is -2.22. The molecule has 0 amide bonds. The standard InChI is InChI=1S/C16H19NO4S/c18-11-15-17-13-10-12(5-6-14(13)22-15)19-8-3-9-21-16-4-1-2-7-20-16/h5-6,10-11,16H,1-4,7-9H2. The Kier molecular flexibility index (Phi) is 5.37. The molecule has 1 atom stereocenters. The van der Waals surface area contributed by atoms with Gasteiger partial charge in [-0.2, -0.15) is 0 Å². The summed E-state index contributed by atoms with van der Waals surface area (Å²) in [5, 5.41) is 0.494. The van der Waals surface area contributed by atoms with Crippen LogP contribution in [0.25, 0.3) is 10.2 Å². The van der Waals surface area contributed by atoms with Crippen LogP contribution in [0.2, 0.25) is 0 Å². The van der Waals surface area contributed by atoms with E-state index in [-0.39, 0.29) is 6.29 Å². The number of nitrogens with zero attached hydrogens (tertiary/aromatic N) is 1. The van der Waals surface area contributed by atoms with E-state index in [0.29, 0.717) is 18.2 Å². The van der Waals surface area contributed by atoms with E-state index >= 15 is 0 Å². The van der Waals surface area contributed by atoms with E-state index in [2.05, 4.69) is 4.98 Å². The van der Waals surface area contributed by atoms with Crippen molar-refractivity contribution >= 4 is 27.8 Å². The van der Waals surface area contributed by atoms with Gasteiger partial charge < -0.3 is 14.2 Å². The van der Waals surface area contributed by atoms with Gasteiger partial charge in [0.15, 0.2) is 17.6 Å². The van der Waals surface area contributed by atoms with E-state index in [9.17, 15) is 4.79 Å². The van der Waals surface area contributed by atoms with Crippen molar-refractivity contribution in [2.75, 3.05) is 19.8 Å². The Hall–Kier alpha value is -1.50. The van der Waals surface area contributed by atoms with E-state index in [1.165, 1.54) is 17.8 Å². The summed E-state index contributed by atoms with van der Waals surface area (Å²) < 4.78 is 17.9. The van der Waals surface area contributed by atoms with Gasteiger partial charge >= 0.3 is 0 Å². The molecule has 22 heavy (non-hydrogen) atoms. The molecule has 118 valence electrons. The van der Waals surface area contributed by atoms with Crippen molar-refractivity contribution in [3.8, 4) is 5.75 Å². The lowest BCUT2D eigenvalue weighted by molar-refractivity contribution is -0.163. The van der Waals surface area contributed by atoms with Crippen molar-refractivity contribution in [2.45, 2.75) is 32.0 Å². The highest BCUT2D eigenvalue weighted by Crippen LogP contribution is 2.25. The van der Waals surface area contributed by atoms with Crippen LogP contribution in [0, 0.1) is 0 Å². The van der Waals surface area contributed by atoms with Gasteiger partial charge in [-0.3, -0.25) is 4.79 Å². The number of benzene rings is 1. The van der Waals surface area contributed by atoms with Gasteiger partial charge in [-0.25, -0.2) is 4.98 Å². The first-order chi connectivity index (χ1) is 10.8. The SMILES string of the molecule is O=Cc1nc2cc(OCCCOC3CCCCO3)ccc2s1. The molecule has 1 fully saturated rings. The molecule has 3 rings (SSSR count). The van der Waals surface area contributed by atoms with Crippen LogP contribution < -0.4 is 4.74 Å². The molecular formula is C16H19NO4S. The molecule has 0 aliphatic carbocycles. The summed E-state index contributed by atoms with van der Waals surface area (Å²) in [5.74, 6) is 0.768. The number of rotatable bonds is 7. The van der Waals surface area contributed by atoms with Crippen LogP contribution in [0.5, 0.6) is 5.75 Å². The molecule has 1 saturated heterocycles. The number of carbonyl (C=O) groups is 1. The second-order valence-corrected chi connectivity index (χ2v) is 6.23. The number of fused-ring (bicyclic) bond motifs is 1. The Labute approximate surface area is 133 Å². The molecular weight excluding hydrogens is 302 g/mol. The highest BCUT2D eigenvalue weighted by Gasteiger charge is 2.13. The van der Waals surface area contributed by atoms with Gasteiger partial charge in [0, 0.05) is 19.1 Å². The quantitative estimate of drug-likeness (QED) is 0.578. The molecule has 0 bridgehead atoms. The van der Waals surface area contributed by atoms with Crippen molar-refractivity contribution < 1.29 is 19.0 Å². The fraction of sp³-hybridized carbons (Fsp3) is 0.500. The predicted octanol–water partition coefficient (Wildman–Crippen LogP) is 3.42. The van der Waals surface area contributed by atoms with Gasteiger partial charge in [0.1, 0.15) is 5.75 Å². The van der Waals surface area contributed by atoms with Crippen LogP contribution in [0.1, 0.15) is 35.5 Å². The minimum atomic E-state index is -0.0399. The minimum Gasteiger partial charge on any atom is -0.493 e. The maximum absolute atomic E-state index is 10.7. The molecule has 0 N–H and O–H groups in total. The largest absolute Gasteiger partial charge is 0.493 e. The maximum Gasteiger partial charge on any atom is 0.178 e. The average Bonchev–Trinajstić information content (AvgIpc) is 2.98. The average molecular weight is 321 g/mol. The number of hydrogen-bond donors (Lipinski definition) is 0. The Morgan fingerprint density at radius 1 is 1.36 bits per heavy atom. The molecule has 1 aromatic heterocycles. The molecule has 6 heteroatoms. The molecule has 1 aliphatic rings. The number of thiazole rings is 1. The summed E-state index contributed by atoms with van der Waals surface area (Å²) in [6.07, 6.45) is 4.85. The van der Waals surface area contributed by atoms with Crippen molar-refractivity contribution in [1.82, 2.24) is 4.98 Å². The monoisotopic (exact) mass is 321 g/mol. The zero-order valence-electron chi connectivity index (χ0n) is 12.3. The summed E-state index contributed by atoms with van der Waals surface area (Å²) in [7, 11) is 0. The Balaban J connectivity index is 1.42. The molecule has 1 aliphatic heterocycles. The van der Waals surface area contributed by atoms with E-state index in [4.69, 9.17) is 14.2 Å². The minimum absolute atomic E-state index is 0.0399. The fourth-order valence-electron chi connectivity index (χ4n) is 2.37. The maximum atomic E-state index is 10.7. The van der Waals surface area contributed by atoms with Crippen molar-refractivity contribution in [3.63, 3.8) is 0 Å². The normalized spacial score (nSPS) is 18.5. The summed E-state index contributed by atoms with van der Waals surface area (Å²) in [5.41, 5.74) is 0.802. The molecule has 0 radical (unpaired) electrons. The summed E-state index contributed by atoms with van der Waals surface area (Å²) >= 11 is 1.39. The number of ether oxygens (including phenoxy) is 3. The van der Waals surface area contributed by atoms with E-state index in [1.807, 2.05) is 18.2 Å². The van der Waals surface area contributed by atoms with Crippen molar-refractivity contribution in [2.24, 2.45) is 0 Å². The number of hydrogen-bond acceptors (Lipinski definition) is 6. The summed E-state index contributed by atoms with van der Waals surface area (Å²) in [4.78, 5) is 15.0. The van der Waals surface area contributed by atoms with Crippen LogP contribution >= 0.6 is 11.3 Å². The molecule has 1 unspecified atom stereocenters. The molecule has 0 saturated carbocycles. The summed E-state index contributed by atoms with van der Waals surface area (Å²) in [6.45, 7) is 2.03. The van der Waals surface area contributed by atoms with Crippen LogP contribution in [0.3, 0.4) is 0 Å². The van der Waals surface area contributed by atoms with E-state index in [0.717, 1.165) is 48.1 Å². The predicted molar refractivity (Wildman–Crippen MR) is 84.7 cm³/mol. The molecule has 5 nitrogen and oxygen atoms in total. The topological polar surface area (TPSA) is 57.7 Å². The lowest BCUT2D eigenvalue weighted by Crippen LogP contribution is -2.23. The smallest absolute Gasteiger partial charge is 0.178 e. The highest BCUT2D eigenvalue weighted by atomic mass is 32.1. The third kappa shape index (κ3) is 4.03. The lowest BCUT2D eigenvalue weighted by atomic mass is 10.2. The third-order valence-corrected chi connectivity index (χ3v) is 4.44.